The highest BCUT2D eigenvalue weighted by Crippen LogP contribution is 2.12. The Bertz CT molecular complexity index is 748. The van der Waals surface area contributed by atoms with E-state index in [1.165, 1.54) is 0 Å². The summed E-state index contributed by atoms with van der Waals surface area (Å²) in [5.41, 5.74) is -0.0677. The van der Waals surface area contributed by atoms with Crippen molar-refractivity contribution in [3.63, 3.8) is 0 Å². The van der Waals surface area contributed by atoms with Gasteiger partial charge in [-0.15, -0.1) is 5.10 Å². The normalized spacial score (nSPS) is 10.8. The first-order valence-corrected chi connectivity index (χ1v) is 6.53. The van der Waals surface area contributed by atoms with Crippen LogP contribution in [0, 0.1) is 0 Å². The van der Waals surface area contributed by atoms with E-state index in [4.69, 9.17) is 0 Å². The molecule has 0 aliphatic carbocycles. The maximum Gasteiger partial charge on any atom is 0.257 e. The van der Waals surface area contributed by atoms with Gasteiger partial charge in [-0.25, -0.2) is 0 Å². The lowest BCUT2D eigenvalue weighted by Crippen LogP contribution is -2.13. The van der Waals surface area contributed by atoms with Gasteiger partial charge < -0.3 is 10.3 Å². The molecule has 20 heavy (non-hydrogen) atoms. The third kappa shape index (κ3) is 2.69. The molecule has 0 fully saturated rings. The number of aromatic amines is 1. The van der Waals surface area contributed by atoms with Crippen LogP contribution in [-0.2, 0) is 6.54 Å². The highest BCUT2D eigenvalue weighted by Gasteiger charge is 2.00. The third-order valence-corrected chi connectivity index (χ3v) is 3.10. The lowest BCUT2D eigenvalue weighted by molar-refractivity contribution is 0.569. The molecular weight excluding hydrogens is 254 g/mol. The third-order valence-electron chi connectivity index (χ3n) is 3.10. The largest absolute Gasteiger partial charge is 0.371 e. The molecule has 0 radical (unpaired) electrons. The van der Waals surface area contributed by atoms with E-state index in [0.717, 1.165) is 30.7 Å². The van der Waals surface area contributed by atoms with E-state index in [-0.39, 0.29) is 5.56 Å². The molecule has 6 heteroatoms. The van der Waals surface area contributed by atoms with Crippen LogP contribution in [0.3, 0.4) is 0 Å². The molecule has 0 saturated heterocycles. The molecule has 2 aromatic heterocycles. The summed E-state index contributed by atoms with van der Waals surface area (Å²) in [6, 6.07) is 9.50. The molecule has 2 N–H and O–H groups in total. The molecule has 3 rings (SSSR count). The average molecular weight is 269 g/mol. The van der Waals surface area contributed by atoms with Crippen molar-refractivity contribution >= 4 is 16.6 Å². The first kappa shape index (κ1) is 12.4. The number of anilines is 1. The summed E-state index contributed by atoms with van der Waals surface area (Å²) in [6.45, 7) is 1.55. The van der Waals surface area contributed by atoms with Gasteiger partial charge in [0.1, 0.15) is 5.82 Å². The van der Waals surface area contributed by atoms with Gasteiger partial charge in [0.25, 0.3) is 5.56 Å². The van der Waals surface area contributed by atoms with Crippen LogP contribution in [0.4, 0.5) is 5.82 Å². The molecule has 0 saturated carbocycles. The second-order valence-electron chi connectivity index (χ2n) is 4.55. The number of hydrogen-bond acceptors (Lipinski definition) is 4. The van der Waals surface area contributed by atoms with Gasteiger partial charge in [-0.2, -0.15) is 0 Å². The van der Waals surface area contributed by atoms with Crippen molar-refractivity contribution < 1.29 is 0 Å². The Balaban J connectivity index is 1.64. The maximum absolute atomic E-state index is 11.9. The molecule has 0 aliphatic rings. The number of fused-ring (bicyclic) bond motifs is 1. The van der Waals surface area contributed by atoms with Crippen LogP contribution in [0.15, 0.2) is 47.5 Å². The van der Waals surface area contributed by atoms with Crippen molar-refractivity contribution in [2.75, 3.05) is 11.9 Å². The molecule has 3 aromatic rings. The van der Waals surface area contributed by atoms with Crippen LogP contribution in [0.1, 0.15) is 6.42 Å². The smallest absolute Gasteiger partial charge is 0.257 e. The van der Waals surface area contributed by atoms with Crippen LogP contribution in [0.5, 0.6) is 0 Å². The van der Waals surface area contributed by atoms with Crippen molar-refractivity contribution in [1.82, 2.24) is 20.0 Å². The zero-order valence-corrected chi connectivity index (χ0v) is 10.9. The van der Waals surface area contributed by atoms with E-state index < -0.39 is 0 Å². The SMILES string of the molecule is O=c1[nH]c(NCCCn2ccnn2)cc2ccccc12. The topological polar surface area (TPSA) is 75.6 Å². The number of aromatic nitrogens is 4. The quantitative estimate of drug-likeness (QED) is 0.690. The summed E-state index contributed by atoms with van der Waals surface area (Å²) in [7, 11) is 0. The second-order valence-corrected chi connectivity index (χ2v) is 4.55. The predicted octanol–water partition coefficient (Wildman–Crippen LogP) is 1.62. The van der Waals surface area contributed by atoms with Gasteiger partial charge in [0.2, 0.25) is 0 Å². The van der Waals surface area contributed by atoms with E-state index in [2.05, 4.69) is 20.6 Å². The zero-order valence-electron chi connectivity index (χ0n) is 10.9. The minimum absolute atomic E-state index is 0.0677. The molecular formula is C14H15N5O. The standard InChI is InChI=1S/C14H15N5O/c20-14-12-5-2-1-4-11(12)10-13(17-14)15-6-3-8-19-9-7-16-18-19/h1-2,4-5,7,9-10H,3,6,8H2,(H2,15,17,20). The first-order valence-electron chi connectivity index (χ1n) is 6.53. The Morgan fingerprint density at radius 1 is 1.30 bits per heavy atom. The minimum atomic E-state index is -0.0677. The summed E-state index contributed by atoms with van der Waals surface area (Å²) in [5.74, 6) is 0.743. The van der Waals surface area contributed by atoms with Crippen LogP contribution in [-0.4, -0.2) is 26.5 Å². The fourth-order valence-corrected chi connectivity index (χ4v) is 2.12. The van der Waals surface area contributed by atoms with Crippen LogP contribution >= 0.6 is 0 Å². The van der Waals surface area contributed by atoms with E-state index in [1.807, 2.05) is 36.5 Å². The average Bonchev–Trinajstić information content (AvgIpc) is 2.97. The molecule has 1 aromatic carbocycles. The Morgan fingerprint density at radius 2 is 2.20 bits per heavy atom. The summed E-state index contributed by atoms with van der Waals surface area (Å²) >= 11 is 0. The van der Waals surface area contributed by atoms with Gasteiger partial charge in [-0.1, -0.05) is 23.4 Å². The number of benzene rings is 1. The fraction of sp³-hybridized carbons (Fsp3) is 0.214. The number of rotatable bonds is 5. The highest BCUT2D eigenvalue weighted by atomic mass is 16.1. The van der Waals surface area contributed by atoms with Crippen molar-refractivity contribution in [3.8, 4) is 0 Å². The fourth-order valence-electron chi connectivity index (χ4n) is 2.12. The van der Waals surface area contributed by atoms with Gasteiger partial charge in [-0.05, 0) is 23.9 Å². The summed E-state index contributed by atoms with van der Waals surface area (Å²) in [4.78, 5) is 14.7. The summed E-state index contributed by atoms with van der Waals surface area (Å²) in [5, 5.41) is 12.5. The molecule has 0 spiro atoms. The number of aryl methyl sites for hydroxylation is 1. The molecule has 0 atom stereocenters. The molecule has 2 heterocycles. The van der Waals surface area contributed by atoms with E-state index >= 15 is 0 Å². The molecule has 0 amide bonds. The number of pyridine rings is 1. The first-order chi connectivity index (χ1) is 9.83. The Morgan fingerprint density at radius 3 is 3.05 bits per heavy atom. The van der Waals surface area contributed by atoms with Crippen molar-refractivity contribution in [3.05, 3.63) is 53.1 Å². The van der Waals surface area contributed by atoms with Gasteiger partial charge in [0.15, 0.2) is 0 Å². The van der Waals surface area contributed by atoms with Gasteiger partial charge in [0, 0.05) is 24.7 Å². The van der Waals surface area contributed by atoms with E-state index in [0.29, 0.717) is 5.39 Å². The monoisotopic (exact) mass is 269 g/mol. The molecule has 0 unspecified atom stereocenters. The van der Waals surface area contributed by atoms with Crippen molar-refractivity contribution in [1.29, 1.82) is 0 Å². The van der Waals surface area contributed by atoms with Crippen LogP contribution in [0.25, 0.3) is 10.8 Å². The molecule has 0 bridgehead atoms. The second kappa shape index (κ2) is 5.56. The van der Waals surface area contributed by atoms with Gasteiger partial charge in [-0.3, -0.25) is 9.48 Å². The Hall–Kier alpha value is -2.63. The Kier molecular flexibility index (Phi) is 3.45. The number of H-pyrrole nitrogens is 1. The molecule has 6 nitrogen and oxygen atoms in total. The number of hydrogen-bond donors (Lipinski definition) is 2. The van der Waals surface area contributed by atoms with Crippen molar-refractivity contribution in [2.24, 2.45) is 0 Å². The highest BCUT2D eigenvalue weighted by molar-refractivity contribution is 5.83. The van der Waals surface area contributed by atoms with Crippen LogP contribution < -0.4 is 10.9 Å². The maximum atomic E-state index is 11.9. The van der Waals surface area contributed by atoms with E-state index in [1.54, 1.807) is 10.9 Å². The summed E-state index contributed by atoms with van der Waals surface area (Å²) in [6.07, 6.45) is 4.39. The van der Waals surface area contributed by atoms with Gasteiger partial charge in [0.05, 0.1) is 6.20 Å². The van der Waals surface area contributed by atoms with Crippen LogP contribution in [0.2, 0.25) is 0 Å². The lowest BCUT2D eigenvalue weighted by Gasteiger charge is -2.07. The lowest BCUT2D eigenvalue weighted by atomic mass is 10.2. The number of nitrogens with zero attached hydrogens (tertiary/aromatic N) is 3. The number of nitrogens with one attached hydrogen (secondary N) is 2. The van der Waals surface area contributed by atoms with Gasteiger partial charge >= 0.3 is 0 Å². The molecule has 0 aliphatic heterocycles. The zero-order chi connectivity index (χ0) is 13.8. The molecule has 102 valence electrons. The summed E-state index contributed by atoms with van der Waals surface area (Å²) < 4.78 is 1.78. The van der Waals surface area contributed by atoms with E-state index in [9.17, 15) is 4.79 Å². The minimum Gasteiger partial charge on any atom is -0.371 e. The Labute approximate surface area is 115 Å². The predicted molar refractivity (Wildman–Crippen MR) is 77.7 cm³/mol. The van der Waals surface area contributed by atoms with Crippen molar-refractivity contribution in [2.45, 2.75) is 13.0 Å².